The first-order valence-corrected chi connectivity index (χ1v) is 15.6. The minimum atomic E-state index is -4.72. The van der Waals surface area contributed by atoms with Crippen molar-refractivity contribution in [3.05, 3.63) is 0 Å². The molecule has 7 fully saturated rings. The zero-order chi connectivity index (χ0) is 34.5. The van der Waals surface area contributed by atoms with Gasteiger partial charge in [-0.05, 0) is 64.7 Å². The van der Waals surface area contributed by atoms with Crippen LogP contribution >= 0.6 is 0 Å². The summed E-state index contributed by atoms with van der Waals surface area (Å²) in [6, 6.07) is 1.99. The van der Waals surface area contributed by atoms with Gasteiger partial charge in [0.1, 0.15) is 17.8 Å². The molecule has 2 N–H and O–H groups in total. The third-order valence-electron chi connectivity index (χ3n) is 11.8. The van der Waals surface area contributed by atoms with E-state index in [9.17, 15) is 56.2 Å². The Balaban J connectivity index is 0.000000181. The predicted molar refractivity (Wildman–Crippen MR) is 143 cm³/mol. The highest BCUT2D eigenvalue weighted by molar-refractivity contribution is 5.85. The number of fused-ring (bicyclic) bond motifs is 1. The van der Waals surface area contributed by atoms with Crippen molar-refractivity contribution in [2.45, 2.75) is 133 Å². The van der Waals surface area contributed by atoms with Crippen LogP contribution < -0.4 is 0 Å². The first-order valence-electron chi connectivity index (χ1n) is 15.6. The van der Waals surface area contributed by atoms with Crippen molar-refractivity contribution in [1.29, 1.82) is 5.26 Å². The van der Waals surface area contributed by atoms with Crippen LogP contribution in [0.4, 0.5) is 26.3 Å². The van der Waals surface area contributed by atoms with Crippen molar-refractivity contribution in [3.8, 4) is 6.07 Å². The highest BCUT2D eigenvalue weighted by Crippen LogP contribution is 2.63. The predicted octanol–water partition coefficient (Wildman–Crippen LogP) is 5.06. The molecule has 1 aliphatic heterocycles. The van der Waals surface area contributed by atoms with Gasteiger partial charge >= 0.3 is 30.3 Å². The van der Waals surface area contributed by atoms with E-state index in [0.717, 1.165) is 13.8 Å². The van der Waals surface area contributed by atoms with Gasteiger partial charge in [0.05, 0.1) is 17.3 Å². The molecule has 0 aromatic carbocycles. The van der Waals surface area contributed by atoms with Crippen LogP contribution in [0.2, 0.25) is 0 Å². The van der Waals surface area contributed by atoms with Crippen molar-refractivity contribution >= 4 is 17.9 Å². The van der Waals surface area contributed by atoms with E-state index in [1.807, 2.05) is 6.07 Å². The lowest BCUT2D eigenvalue weighted by Gasteiger charge is -2.62. The van der Waals surface area contributed by atoms with Gasteiger partial charge in [0.2, 0.25) is 0 Å². The number of carbonyl (C=O) groups is 3. The van der Waals surface area contributed by atoms with Gasteiger partial charge in [0, 0.05) is 31.1 Å². The minimum absolute atomic E-state index is 0.0205. The highest BCUT2D eigenvalue weighted by atomic mass is 19.4. The van der Waals surface area contributed by atoms with Gasteiger partial charge in [0.15, 0.2) is 16.2 Å². The third-order valence-corrected chi connectivity index (χ3v) is 11.8. The number of hydrogen-bond donors (Lipinski definition) is 2. The van der Waals surface area contributed by atoms with Gasteiger partial charge in [-0.1, -0.05) is 13.8 Å². The molecule has 258 valence electrons. The molecule has 7 aliphatic rings. The van der Waals surface area contributed by atoms with Gasteiger partial charge in [-0.25, -0.2) is 0 Å². The van der Waals surface area contributed by atoms with E-state index in [1.54, 1.807) is 0 Å². The van der Waals surface area contributed by atoms with Crippen LogP contribution in [-0.2, 0) is 28.6 Å². The van der Waals surface area contributed by atoms with E-state index < -0.39 is 94.3 Å². The fourth-order valence-electron chi connectivity index (χ4n) is 9.14. The highest BCUT2D eigenvalue weighted by Gasteiger charge is 2.73. The molecule has 46 heavy (non-hydrogen) atoms. The number of ether oxygens (including phenoxy) is 3. The molecular formula is C31H39F6NO8. The Hall–Kier alpha value is -2.60. The lowest BCUT2D eigenvalue weighted by molar-refractivity contribution is -0.277. The molecule has 0 amide bonds. The van der Waals surface area contributed by atoms with Crippen LogP contribution in [0, 0.1) is 45.3 Å². The summed E-state index contributed by atoms with van der Waals surface area (Å²) in [5.74, 6) is -4.04. The van der Waals surface area contributed by atoms with Gasteiger partial charge in [0.25, 0.3) is 0 Å². The molecular weight excluding hydrogens is 628 g/mol. The van der Waals surface area contributed by atoms with Crippen LogP contribution in [0.1, 0.15) is 91.9 Å². The van der Waals surface area contributed by atoms with Gasteiger partial charge < -0.3 is 24.4 Å². The summed E-state index contributed by atoms with van der Waals surface area (Å²) in [6.45, 7) is 4.23. The Morgan fingerprint density at radius 1 is 0.913 bits per heavy atom. The maximum absolute atomic E-state index is 13.3. The number of hydrogen-bond acceptors (Lipinski definition) is 9. The Bertz CT molecular complexity index is 1330. The van der Waals surface area contributed by atoms with E-state index in [-0.39, 0.29) is 37.5 Å². The number of aliphatic hydroxyl groups is 2. The Morgan fingerprint density at radius 2 is 1.43 bits per heavy atom. The topological polar surface area (TPSA) is 143 Å². The Labute approximate surface area is 261 Å². The van der Waals surface area contributed by atoms with Gasteiger partial charge in [-0.3, -0.25) is 14.4 Å². The van der Waals surface area contributed by atoms with Crippen LogP contribution in [0.3, 0.4) is 0 Å². The fraction of sp³-hybridized carbons (Fsp3) is 0.871. The summed E-state index contributed by atoms with van der Waals surface area (Å²) >= 11 is 0. The second-order valence-corrected chi connectivity index (χ2v) is 15.0. The average Bonchev–Trinajstić information content (AvgIpc) is 3.51. The molecule has 9 atom stereocenters. The normalized spacial score (nSPS) is 42.7. The van der Waals surface area contributed by atoms with Gasteiger partial charge in [-0.15, -0.1) is 0 Å². The summed E-state index contributed by atoms with van der Waals surface area (Å²) in [6.07, 6.45) is -9.47. The molecule has 0 radical (unpaired) electrons. The van der Waals surface area contributed by atoms with E-state index in [4.69, 9.17) is 14.2 Å². The maximum Gasteiger partial charge on any atom is 0.404 e. The molecule has 7 rings (SSSR count). The molecule has 0 aromatic rings. The van der Waals surface area contributed by atoms with Gasteiger partial charge in [-0.2, -0.15) is 31.6 Å². The zero-order valence-corrected chi connectivity index (χ0v) is 26.0. The Morgan fingerprint density at radius 3 is 1.89 bits per heavy atom. The summed E-state index contributed by atoms with van der Waals surface area (Å²) < 4.78 is 94.9. The van der Waals surface area contributed by atoms with Crippen molar-refractivity contribution in [3.63, 3.8) is 0 Å². The quantitative estimate of drug-likeness (QED) is 0.226. The number of rotatable bonds is 6. The maximum atomic E-state index is 13.3. The molecule has 1 heterocycles. The number of nitriles is 1. The average molecular weight is 668 g/mol. The molecule has 0 spiro atoms. The van der Waals surface area contributed by atoms with Crippen LogP contribution in [0.15, 0.2) is 0 Å². The van der Waals surface area contributed by atoms with E-state index in [1.165, 1.54) is 13.8 Å². The summed E-state index contributed by atoms with van der Waals surface area (Å²) in [4.78, 5) is 36.4. The number of halogens is 6. The standard InChI is InChI=1S/C16H23F3O4.C15H16F3NO4/c1-3-12(2,16(17,18)19)11(20)23-15-6-10-4-13(21,8-15)7-14(22,5-10)9-15;1-3-13(2,15(16,17)18)11(20)22-9-7-4-8-10(9)23-12(21)14(8,5-7)6-19/h10,21-22H,3-9H2,1-2H3;7-10H,3-5H2,1-2H3. The SMILES string of the molecule is CCC(C)(C(=O)OC12CC3CC(O)(CC(O)(C3)C1)C2)C(F)(F)F.CCC(C)(C(=O)OC1C2CC3C1OC(=O)C3(C#N)C2)C(F)(F)F. The molecule has 6 saturated carbocycles. The van der Waals surface area contributed by atoms with Crippen LogP contribution in [0.25, 0.3) is 0 Å². The van der Waals surface area contributed by atoms with E-state index in [0.29, 0.717) is 25.7 Å². The molecule has 9 unspecified atom stereocenters. The zero-order valence-electron chi connectivity index (χ0n) is 26.0. The monoisotopic (exact) mass is 667 g/mol. The smallest absolute Gasteiger partial charge is 0.404 e. The number of esters is 3. The molecule has 15 heteroatoms. The van der Waals surface area contributed by atoms with Crippen molar-refractivity contribution < 1.29 is 65.1 Å². The summed E-state index contributed by atoms with van der Waals surface area (Å²) in [7, 11) is 0. The first kappa shape index (κ1) is 34.7. The van der Waals surface area contributed by atoms with Crippen molar-refractivity contribution in [2.75, 3.05) is 0 Å². The van der Waals surface area contributed by atoms with Crippen LogP contribution in [-0.4, -0.2) is 69.5 Å². The number of carbonyl (C=O) groups excluding carboxylic acids is 3. The molecule has 1 saturated heterocycles. The number of alkyl halides is 6. The molecule has 6 bridgehead atoms. The van der Waals surface area contributed by atoms with Crippen molar-refractivity contribution in [1.82, 2.24) is 0 Å². The molecule has 6 aliphatic carbocycles. The fourth-order valence-corrected chi connectivity index (χ4v) is 9.14. The third kappa shape index (κ3) is 5.07. The molecule has 9 nitrogen and oxygen atoms in total. The summed E-state index contributed by atoms with van der Waals surface area (Å²) in [5.41, 5.74) is -9.84. The summed E-state index contributed by atoms with van der Waals surface area (Å²) in [5, 5.41) is 30.5. The second-order valence-electron chi connectivity index (χ2n) is 15.0. The molecule has 0 aromatic heterocycles. The van der Waals surface area contributed by atoms with E-state index in [2.05, 4.69) is 0 Å². The number of nitrogens with zero attached hydrogens (tertiary/aromatic N) is 1. The van der Waals surface area contributed by atoms with Crippen LogP contribution in [0.5, 0.6) is 0 Å². The lowest BCUT2D eigenvalue weighted by atomic mass is 9.50. The minimum Gasteiger partial charge on any atom is -0.458 e. The van der Waals surface area contributed by atoms with E-state index >= 15 is 0 Å². The van der Waals surface area contributed by atoms with Crippen molar-refractivity contribution in [2.24, 2.45) is 34.0 Å². The first-order chi connectivity index (χ1) is 20.9. The Kier molecular flexibility index (Phi) is 7.89. The lowest BCUT2D eigenvalue weighted by Crippen LogP contribution is -2.67. The second kappa shape index (κ2) is 10.4. The largest absolute Gasteiger partial charge is 0.458 e.